The van der Waals surface area contributed by atoms with E-state index in [4.69, 9.17) is 16.3 Å². The number of rotatable bonds is 7. The zero-order valence-corrected chi connectivity index (χ0v) is 14.8. The van der Waals surface area contributed by atoms with Crippen LogP contribution in [0.1, 0.15) is 5.56 Å². The number of hydrogen-bond acceptors (Lipinski definition) is 4. The average Bonchev–Trinajstić information content (AvgIpc) is 2.48. The molecule has 2 aromatic rings. The Kier molecular flexibility index (Phi) is 6.99. The Morgan fingerprint density at radius 3 is 3.00 bits per heavy atom. The van der Waals surface area contributed by atoms with Gasteiger partial charge in [0.1, 0.15) is 5.03 Å². The number of hydrogen-bond donors (Lipinski definition) is 1. The van der Waals surface area contributed by atoms with E-state index in [9.17, 15) is 0 Å². The molecule has 0 fully saturated rings. The zero-order valence-electron chi connectivity index (χ0n) is 11.6. The lowest BCUT2D eigenvalue weighted by Gasteiger charge is -2.11. The van der Waals surface area contributed by atoms with Crippen LogP contribution in [0.25, 0.3) is 0 Å². The van der Waals surface area contributed by atoms with E-state index in [0.717, 1.165) is 38.1 Å². The van der Waals surface area contributed by atoms with Crippen LogP contribution in [0.5, 0.6) is 0 Å². The van der Waals surface area contributed by atoms with Crippen molar-refractivity contribution in [1.82, 2.24) is 10.3 Å². The van der Waals surface area contributed by atoms with Crippen molar-refractivity contribution in [2.24, 2.45) is 0 Å². The molecule has 0 radical (unpaired) electrons. The molecule has 0 spiro atoms. The van der Waals surface area contributed by atoms with Crippen LogP contribution in [0.3, 0.4) is 0 Å². The molecule has 0 unspecified atom stereocenters. The second-order valence-corrected chi connectivity index (χ2v) is 6.64. The van der Waals surface area contributed by atoms with Gasteiger partial charge in [0.25, 0.3) is 0 Å². The highest BCUT2D eigenvalue weighted by atomic mass is 79.9. The predicted molar refractivity (Wildman–Crippen MR) is 91.1 cm³/mol. The number of methoxy groups -OCH3 is 1. The first-order chi connectivity index (χ1) is 10.2. The molecule has 0 bridgehead atoms. The van der Waals surface area contributed by atoms with E-state index in [1.54, 1.807) is 25.1 Å². The third-order valence-electron chi connectivity index (χ3n) is 2.75. The lowest BCUT2D eigenvalue weighted by Crippen LogP contribution is -2.18. The fourth-order valence-corrected chi connectivity index (χ4v) is 3.31. The SMILES string of the molecule is COCCNCc1cc(Cl)ccc1Sc1ncccc1Br. The maximum Gasteiger partial charge on any atom is 0.115 e. The highest BCUT2D eigenvalue weighted by Crippen LogP contribution is 2.34. The molecule has 112 valence electrons. The van der Waals surface area contributed by atoms with Gasteiger partial charge in [0.15, 0.2) is 0 Å². The van der Waals surface area contributed by atoms with Crippen molar-refractivity contribution in [3.05, 3.63) is 51.6 Å². The molecular formula is C15H16BrClN2OS. The van der Waals surface area contributed by atoms with Gasteiger partial charge in [-0.25, -0.2) is 4.98 Å². The molecular weight excluding hydrogens is 372 g/mol. The molecule has 1 aromatic heterocycles. The van der Waals surface area contributed by atoms with Crippen LogP contribution >= 0.6 is 39.3 Å². The summed E-state index contributed by atoms with van der Waals surface area (Å²) in [5.74, 6) is 0. The summed E-state index contributed by atoms with van der Waals surface area (Å²) in [4.78, 5) is 5.53. The molecule has 0 atom stereocenters. The minimum absolute atomic E-state index is 0.689. The van der Waals surface area contributed by atoms with Crippen molar-refractivity contribution in [3.63, 3.8) is 0 Å². The molecule has 0 aliphatic rings. The lowest BCUT2D eigenvalue weighted by atomic mass is 10.2. The summed E-state index contributed by atoms with van der Waals surface area (Å²) < 4.78 is 6.02. The fraction of sp³-hybridized carbons (Fsp3) is 0.267. The van der Waals surface area contributed by atoms with Crippen molar-refractivity contribution < 1.29 is 4.74 Å². The van der Waals surface area contributed by atoms with E-state index < -0.39 is 0 Å². The van der Waals surface area contributed by atoms with Gasteiger partial charge in [0, 0.05) is 36.3 Å². The van der Waals surface area contributed by atoms with Crippen LogP contribution in [-0.2, 0) is 11.3 Å². The van der Waals surface area contributed by atoms with Gasteiger partial charge >= 0.3 is 0 Å². The Morgan fingerprint density at radius 2 is 2.24 bits per heavy atom. The van der Waals surface area contributed by atoms with E-state index in [2.05, 4.69) is 26.2 Å². The first kappa shape index (κ1) is 16.8. The van der Waals surface area contributed by atoms with Gasteiger partial charge < -0.3 is 10.1 Å². The second kappa shape index (κ2) is 8.76. The second-order valence-electron chi connectivity index (χ2n) is 4.31. The number of aromatic nitrogens is 1. The normalized spacial score (nSPS) is 10.8. The quantitative estimate of drug-likeness (QED) is 0.715. The van der Waals surface area contributed by atoms with Crippen molar-refractivity contribution in [1.29, 1.82) is 0 Å². The number of ether oxygens (including phenoxy) is 1. The number of pyridine rings is 1. The molecule has 0 aliphatic carbocycles. The molecule has 1 heterocycles. The first-order valence-corrected chi connectivity index (χ1v) is 8.46. The van der Waals surface area contributed by atoms with Crippen LogP contribution < -0.4 is 5.32 Å². The summed E-state index contributed by atoms with van der Waals surface area (Å²) in [6, 6.07) is 9.81. The van der Waals surface area contributed by atoms with Crippen LogP contribution in [0, 0.1) is 0 Å². The van der Waals surface area contributed by atoms with Crippen LogP contribution in [-0.4, -0.2) is 25.2 Å². The maximum atomic E-state index is 6.10. The minimum Gasteiger partial charge on any atom is -0.383 e. The highest BCUT2D eigenvalue weighted by molar-refractivity contribution is 9.10. The summed E-state index contributed by atoms with van der Waals surface area (Å²) >= 11 is 11.3. The smallest absolute Gasteiger partial charge is 0.115 e. The van der Waals surface area contributed by atoms with Gasteiger partial charge in [-0.3, -0.25) is 0 Å². The largest absolute Gasteiger partial charge is 0.383 e. The molecule has 0 saturated heterocycles. The monoisotopic (exact) mass is 386 g/mol. The lowest BCUT2D eigenvalue weighted by molar-refractivity contribution is 0.199. The maximum absolute atomic E-state index is 6.10. The summed E-state index contributed by atoms with van der Waals surface area (Å²) in [6.45, 7) is 2.24. The first-order valence-electron chi connectivity index (χ1n) is 6.47. The highest BCUT2D eigenvalue weighted by Gasteiger charge is 2.08. The Hall–Kier alpha value is -0.590. The Morgan fingerprint density at radius 1 is 1.38 bits per heavy atom. The van der Waals surface area contributed by atoms with Crippen molar-refractivity contribution in [3.8, 4) is 0 Å². The summed E-state index contributed by atoms with van der Waals surface area (Å²) in [6.07, 6.45) is 1.79. The van der Waals surface area contributed by atoms with Crippen molar-refractivity contribution in [2.45, 2.75) is 16.5 Å². The average molecular weight is 388 g/mol. The predicted octanol–water partition coefficient (Wildman–Crippen LogP) is 4.38. The minimum atomic E-state index is 0.689. The topological polar surface area (TPSA) is 34.1 Å². The van der Waals surface area contributed by atoms with E-state index in [1.165, 1.54) is 0 Å². The van der Waals surface area contributed by atoms with Crippen LogP contribution in [0.15, 0.2) is 50.9 Å². The Bertz CT molecular complexity index is 598. The summed E-state index contributed by atoms with van der Waals surface area (Å²) in [7, 11) is 1.70. The molecule has 0 saturated carbocycles. The van der Waals surface area contributed by atoms with E-state index in [0.29, 0.717) is 6.61 Å². The fourth-order valence-electron chi connectivity index (χ4n) is 1.73. The molecule has 0 amide bonds. The molecule has 3 nitrogen and oxygen atoms in total. The molecule has 0 aliphatic heterocycles. The molecule has 21 heavy (non-hydrogen) atoms. The van der Waals surface area contributed by atoms with Gasteiger partial charge in [-0.05, 0) is 51.8 Å². The summed E-state index contributed by atoms with van der Waals surface area (Å²) in [5.41, 5.74) is 1.15. The van der Waals surface area contributed by atoms with Gasteiger partial charge in [-0.15, -0.1) is 0 Å². The standard InChI is InChI=1S/C15H16BrClN2OS/c1-20-8-7-18-10-11-9-12(17)4-5-14(11)21-15-13(16)3-2-6-19-15/h2-6,9,18H,7-8,10H2,1H3. The van der Waals surface area contributed by atoms with E-state index >= 15 is 0 Å². The summed E-state index contributed by atoms with van der Waals surface area (Å²) in [5, 5.41) is 5.02. The molecule has 1 aromatic carbocycles. The van der Waals surface area contributed by atoms with Gasteiger partial charge in [-0.1, -0.05) is 23.4 Å². The number of nitrogens with zero attached hydrogens (tertiary/aromatic N) is 1. The Labute approximate surface area is 142 Å². The van der Waals surface area contributed by atoms with Crippen LogP contribution in [0.4, 0.5) is 0 Å². The van der Waals surface area contributed by atoms with Crippen molar-refractivity contribution in [2.75, 3.05) is 20.3 Å². The zero-order chi connectivity index (χ0) is 15.1. The van der Waals surface area contributed by atoms with Gasteiger partial charge in [0.05, 0.1) is 11.1 Å². The molecule has 1 N–H and O–H groups in total. The van der Waals surface area contributed by atoms with Crippen LogP contribution in [0.2, 0.25) is 5.02 Å². The van der Waals surface area contributed by atoms with Gasteiger partial charge in [0.2, 0.25) is 0 Å². The Balaban J connectivity index is 2.13. The number of benzene rings is 1. The van der Waals surface area contributed by atoms with E-state index in [1.807, 2.05) is 30.3 Å². The number of nitrogens with one attached hydrogen (secondary N) is 1. The van der Waals surface area contributed by atoms with Gasteiger partial charge in [-0.2, -0.15) is 0 Å². The third-order valence-corrected chi connectivity index (χ3v) is 5.03. The third kappa shape index (κ3) is 5.27. The molecule has 6 heteroatoms. The van der Waals surface area contributed by atoms with Crippen molar-refractivity contribution >= 4 is 39.3 Å². The van der Waals surface area contributed by atoms with E-state index in [-0.39, 0.29) is 0 Å². The number of halogens is 2. The molecule has 2 rings (SSSR count).